The average molecular weight is 214 g/mol. The monoisotopic (exact) mass is 214 g/mol. The summed E-state index contributed by atoms with van der Waals surface area (Å²) in [6.07, 6.45) is 0. The lowest BCUT2D eigenvalue weighted by Gasteiger charge is -2.04. The maximum atomic E-state index is 11.3. The van der Waals surface area contributed by atoms with Crippen LogP contribution in [0.2, 0.25) is 0 Å². The number of H-pyrrole nitrogens is 1. The maximum absolute atomic E-state index is 11.3. The smallest absolute Gasteiger partial charge is 0.310 e. The van der Waals surface area contributed by atoms with Gasteiger partial charge in [0.25, 0.3) is 0 Å². The highest BCUT2D eigenvalue weighted by Gasteiger charge is 2.03. The number of aryl methyl sites for hydroxylation is 3. The predicted molar refractivity (Wildman–Crippen MR) is 64.5 cm³/mol. The zero-order chi connectivity index (χ0) is 11.7. The van der Waals surface area contributed by atoms with E-state index >= 15 is 0 Å². The van der Waals surface area contributed by atoms with E-state index in [0.717, 1.165) is 17.0 Å². The van der Waals surface area contributed by atoms with E-state index in [-0.39, 0.29) is 5.69 Å². The minimum absolute atomic E-state index is 0.297. The zero-order valence-corrected chi connectivity index (χ0v) is 9.66. The van der Waals surface area contributed by atoms with Crippen molar-refractivity contribution in [3.63, 3.8) is 0 Å². The van der Waals surface area contributed by atoms with Crippen LogP contribution in [0.3, 0.4) is 0 Å². The molecule has 16 heavy (non-hydrogen) atoms. The number of aromatic amines is 1. The normalized spacial score (nSPS) is 10.4. The van der Waals surface area contributed by atoms with Gasteiger partial charge in [-0.25, -0.2) is 4.79 Å². The average Bonchev–Trinajstić information content (AvgIpc) is 2.14. The van der Waals surface area contributed by atoms with Crippen molar-refractivity contribution in [2.24, 2.45) is 0 Å². The third-order valence-corrected chi connectivity index (χ3v) is 2.40. The lowest BCUT2D eigenvalue weighted by Crippen LogP contribution is -2.11. The van der Waals surface area contributed by atoms with Crippen molar-refractivity contribution in [1.29, 1.82) is 0 Å². The number of hydrogen-bond donors (Lipinski definition) is 1. The number of nitrogens with zero attached hydrogens (tertiary/aromatic N) is 1. The molecule has 0 saturated heterocycles. The van der Waals surface area contributed by atoms with Gasteiger partial charge in [-0.1, -0.05) is 17.2 Å². The molecule has 0 aliphatic rings. The van der Waals surface area contributed by atoms with Crippen LogP contribution in [0.4, 0.5) is 0 Å². The Morgan fingerprint density at radius 2 is 1.62 bits per heavy atom. The van der Waals surface area contributed by atoms with Crippen molar-refractivity contribution in [2.45, 2.75) is 20.8 Å². The van der Waals surface area contributed by atoms with E-state index in [1.54, 1.807) is 0 Å². The number of rotatable bonds is 1. The minimum Gasteiger partial charge on any atom is -0.310 e. The molecule has 3 heteroatoms. The number of hydrogen-bond acceptors (Lipinski definition) is 2. The van der Waals surface area contributed by atoms with Gasteiger partial charge in [0.05, 0.1) is 5.69 Å². The second-order valence-electron chi connectivity index (χ2n) is 4.13. The summed E-state index contributed by atoms with van der Waals surface area (Å²) < 4.78 is 0. The van der Waals surface area contributed by atoms with Gasteiger partial charge in [0.2, 0.25) is 0 Å². The van der Waals surface area contributed by atoms with E-state index < -0.39 is 0 Å². The predicted octanol–water partition coefficient (Wildman–Crippen LogP) is 2.36. The Balaban J connectivity index is 2.62. The second kappa shape index (κ2) is 3.93. The topological polar surface area (TPSA) is 45.8 Å². The Bertz CT molecular complexity index is 564. The van der Waals surface area contributed by atoms with Crippen LogP contribution < -0.4 is 5.69 Å². The molecule has 1 N–H and O–H groups in total. The summed E-state index contributed by atoms with van der Waals surface area (Å²) >= 11 is 0. The standard InChI is InChI=1S/C13H14N2O/c1-8-4-9(2)6-11(5-8)12-7-10(3)14-13(16)15-12/h4-7H,1-3H3,(H,14,15,16). The van der Waals surface area contributed by atoms with E-state index in [1.807, 2.05) is 39.0 Å². The summed E-state index contributed by atoms with van der Waals surface area (Å²) in [4.78, 5) is 17.9. The molecule has 0 aliphatic carbocycles. The van der Waals surface area contributed by atoms with Gasteiger partial charge in [0.15, 0.2) is 0 Å². The highest BCUT2D eigenvalue weighted by Crippen LogP contribution is 2.19. The van der Waals surface area contributed by atoms with Gasteiger partial charge < -0.3 is 4.98 Å². The largest absolute Gasteiger partial charge is 0.345 e. The molecular formula is C13H14N2O. The molecule has 0 saturated carbocycles. The quantitative estimate of drug-likeness (QED) is 0.792. The van der Waals surface area contributed by atoms with Crippen molar-refractivity contribution in [1.82, 2.24) is 9.97 Å². The van der Waals surface area contributed by atoms with Crippen LogP contribution >= 0.6 is 0 Å². The summed E-state index contributed by atoms with van der Waals surface area (Å²) in [6, 6.07) is 8.06. The fraction of sp³-hybridized carbons (Fsp3) is 0.231. The van der Waals surface area contributed by atoms with E-state index in [0.29, 0.717) is 0 Å². The van der Waals surface area contributed by atoms with E-state index in [9.17, 15) is 4.79 Å². The summed E-state index contributed by atoms with van der Waals surface area (Å²) in [6.45, 7) is 5.93. The van der Waals surface area contributed by atoms with Crippen LogP contribution in [0.1, 0.15) is 16.8 Å². The van der Waals surface area contributed by atoms with Gasteiger partial charge in [0, 0.05) is 11.3 Å². The SMILES string of the molecule is Cc1cc(C)cc(-c2cc(C)[nH]c(=O)n2)c1. The molecule has 0 spiro atoms. The number of aromatic nitrogens is 2. The fourth-order valence-electron chi connectivity index (χ4n) is 1.85. The number of nitrogens with one attached hydrogen (secondary N) is 1. The van der Waals surface area contributed by atoms with Crippen LogP contribution in [0.5, 0.6) is 0 Å². The van der Waals surface area contributed by atoms with Gasteiger partial charge in [-0.3, -0.25) is 0 Å². The molecule has 0 fully saturated rings. The van der Waals surface area contributed by atoms with Crippen LogP contribution in [-0.2, 0) is 0 Å². The molecule has 0 radical (unpaired) electrons. The summed E-state index contributed by atoms with van der Waals surface area (Å²) in [7, 11) is 0. The molecule has 0 atom stereocenters. The van der Waals surface area contributed by atoms with Crippen LogP contribution in [0.15, 0.2) is 29.1 Å². The maximum Gasteiger partial charge on any atom is 0.345 e. The molecule has 0 unspecified atom stereocenters. The molecule has 1 aromatic carbocycles. The van der Waals surface area contributed by atoms with Crippen molar-refractivity contribution in [3.05, 3.63) is 51.6 Å². The van der Waals surface area contributed by atoms with Crippen LogP contribution in [0, 0.1) is 20.8 Å². The molecule has 82 valence electrons. The van der Waals surface area contributed by atoms with Gasteiger partial charge in [0.1, 0.15) is 0 Å². The Hall–Kier alpha value is -1.90. The first-order valence-corrected chi connectivity index (χ1v) is 5.21. The van der Waals surface area contributed by atoms with Gasteiger partial charge in [-0.2, -0.15) is 4.98 Å². The lowest BCUT2D eigenvalue weighted by atomic mass is 10.0. The fourth-order valence-corrected chi connectivity index (χ4v) is 1.85. The van der Waals surface area contributed by atoms with Crippen molar-refractivity contribution >= 4 is 0 Å². The third-order valence-electron chi connectivity index (χ3n) is 2.40. The molecule has 1 heterocycles. The first kappa shape index (κ1) is 10.6. The molecule has 3 nitrogen and oxygen atoms in total. The van der Waals surface area contributed by atoms with Gasteiger partial charge in [-0.05, 0) is 39.0 Å². The summed E-state index contributed by atoms with van der Waals surface area (Å²) in [5.41, 5.74) is 4.60. The third kappa shape index (κ3) is 2.19. The Labute approximate surface area is 94.2 Å². The van der Waals surface area contributed by atoms with Gasteiger partial charge >= 0.3 is 5.69 Å². The lowest BCUT2D eigenvalue weighted by molar-refractivity contribution is 1.03. The Morgan fingerprint density at radius 3 is 2.19 bits per heavy atom. The molecule has 0 bridgehead atoms. The van der Waals surface area contributed by atoms with E-state index in [2.05, 4.69) is 16.0 Å². The zero-order valence-electron chi connectivity index (χ0n) is 9.66. The second-order valence-corrected chi connectivity index (χ2v) is 4.13. The molecule has 2 aromatic rings. The minimum atomic E-state index is -0.297. The Kier molecular flexibility index (Phi) is 2.60. The first-order chi connectivity index (χ1) is 7.54. The summed E-state index contributed by atoms with van der Waals surface area (Å²) in [5, 5.41) is 0. The molecule has 0 aliphatic heterocycles. The molecule has 0 amide bonds. The van der Waals surface area contributed by atoms with Crippen LogP contribution in [-0.4, -0.2) is 9.97 Å². The summed E-state index contributed by atoms with van der Waals surface area (Å²) in [5.74, 6) is 0. The number of benzene rings is 1. The Morgan fingerprint density at radius 1 is 1.00 bits per heavy atom. The molecule has 2 rings (SSSR count). The molecule has 1 aromatic heterocycles. The molecular weight excluding hydrogens is 200 g/mol. The highest BCUT2D eigenvalue weighted by atomic mass is 16.1. The first-order valence-electron chi connectivity index (χ1n) is 5.21. The highest BCUT2D eigenvalue weighted by molar-refractivity contribution is 5.61. The van der Waals surface area contributed by atoms with E-state index in [4.69, 9.17) is 0 Å². The van der Waals surface area contributed by atoms with Crippen LogP contribution in [0.25, 0.3) is 11.3 Å². The van der Waals surface area contributed by atoms with Crippen molar-refractivity contribution in [2.75, 3.05) is 0 Å². The van der Waals surface area contributed by atoms with Crippen molar-refractivity contribution < 1.29 is 0 Å². The van der Waals surface area contributed by atoms with E-state index in [1.165, 1.54) is 11.1 Å². The van der Waals surface area contributed by atoms with Crippen molar-refractivity contribution in [3.8, 4) is 11.3 Å². The van der Waals surface area contributed by atoms with Gasteiger partial charge in [-0.15, -0.1) is 0 Å².